The molecule has 0 aliphatic heterocycles. The second-order valence-electron chi connectivity index (χ2n) is 6.17. The van der Waals surface area contributed by atoms with Crippen LogP contribution in [0.4, 0.5) is 0 Å². The maximum absolute atomic E-state index is 12.7. The first-order chi connectivity index (χ1) is 13.5. The molecule has 0 aromatic heterocycles. The van der Waals surface area contributed by atoms with Crippen molar-refractivity contribution in [2.45, 2.75) is 18.8 Å². The van der Waals surface area contributed by atoms with Crippen LogP contribution in [-0.4, -0.2) is 25.3 Å². The number of carbonyl (C=O) groups excluding carboxylic acids is 3. The van der Waals surface area contributed by atoms with Crippen LogP contribution in [0, 0.1) is 5.92 Å². The standard InChI is InChI=1S/C22H21ClO5/c1-15(22(26)28-19-6-4-3-5-7-19)21(16-8-11-18(23)12-9-16)17(14-24)10-13-20(25)27-2/h3-9,11-12,14,17,21H,1,10,13H2,2H3/t17-,21+/m0/s1. The largest absolute Gasteiger partial charge is 0.469 e. The fraction of sp³-hybridized carbons (Fsp3) is 0.227. The third-order valence-corrected chi connectivity index (χ3v) is 4.58. The molecule has 146 valence electrons. The average Bonchev–Trinajstić information content (AvgIpc) is 2.72. The molecular formula is C22H21ClO5. The molecule has 28 heavy (non-hydrogen) atoms. The van der Waals surface area contributed by atoms with Crippen LogP contribution in [0.1, 0.15) is 24.3 Å². The number of ether oxygens (including phenoxy) is 2. The first-order valence-electron chi connectivity index (χ1n) is 8.69. The van der Waals surface area contributed by atoms with Gasteiger partial charge in [-0.1, -0.05) is 48.5 Å². The van der Waals surface area contributed by atoms with Crippen molar-refractivity contribution in [3.8, 4) is 5.75 Å². The normalized spacial score (nSPS) is 12.5. The Morgan fingerprint density at radius 3 is 2.32 bits per heavy atom. The van der Waals surface area contributed by atoms with Gasteiger partial charge in [0.15, 0.2) is 0 Å². The summed E-state index contributed by atoms with van der Waals surface area (Å²) in [5.41, 5.74) is 0.800. The Hall–Kier alpha value is -2.92. The topological polar surface area (TPSA) is 69.7 Å². The third kappa shape index (κ3) is 5.79. The minimum atomic E-state index is -0.657. The van der Waals surface area contributed by atoms with Crippen molar-refractivity contribution in [2.24, 2.45) is 5.92 Å². The zero-order valence-corrected chi connectivity index (χ0v) is 16.2. The number of halogens is 1. The molecule has 0 radical (unpaired) electrons. The number of para-hydroxylation sites is 1. The lowest BCUT2D eigenvalue weighted by Gasteiger charge is -2.24. The first-order valence-corrected chi connectivity index (χ1v) is 9.07. The van der Waals surface area contributed by atoms with Gasteiger partial charge >= 0.3 is 11.9 Å². The van der Waals surface area contributed by atoms with Gasteiger partial charge in [-0.15, -0.1) is 0 Å². The molecule has 0 aliphatic rings. The molecule has 0 unspecified atom stereocenters. The number of methoxy groups -OCH3 is 1. The zero-order chi connectivity index (χ0) is 20.5. The molecule has 2 rings (SSSR count). The lowest BCUT2D eigenvalue weighted by Crippen LogP contribution is -2.24. The number of benzene rings is 2. The molecule has 6 heteroatoms. The highest BCUT2D eigenvalue weighted by Gasteiger charge is 2.30. The van der Waals surface area contributed by atoms with E-state index in [-0.39, 0.29) is 18.4 Å². The van der Waals surface area contributed by atoms with E-state index in [1.165, 1.54) is 7.11 Å². The highest BCUT2D eigenvalue weighted by molar-refractivity contribution is 6.30. The lowest BCUT2D eigenvalue weighted by atomic mass is 9.79. The minimum Gasteiger partial charge on any atom is -0.469 e. The van der Waals surface area contributed by atoms with E-state index in [2.05, 4.69) is 11.3 Å². The molecule has 2 atom stereocenters. The molecule has 0 aliphatic carbocycles. The van der Waals surface area contributed by atoms with Gasteiger partial charge in [0, 0.05) is 28.9 Å². The summed E-state index contributed by atoms with van der Waals surface area (Å²) < 4.78 is 10.0. The number of aldehydes is 1. The van der Waals surface area contributed by atoms with Crippen LogP contribution in [-0.2, 0) is 19.1 Å². The number of esters is 2. The predicted octanol–water partition coefficient (Wildman–Crippen LogP) is 4.35. The van der Waals surface area contributed by atoms with E-state index in [1.807, 2.05) is 0 Å². The molecule has 0 saturated heterocycles. The number of hydrogen-bond acceptors (Lipinski definition) is 5. The van der Waals surface area contributed by atoms with Gasteiger partial charge in [0.05, 0.1) is 7.11 Å². The van der Waals surface area contributed by atoms with E-state index in [4.69, 9.17) is 16.3 Å². The van der Waals surface area contributed by atoms with E-state index in [0.717, 1.165) is 6.29 Å². The summed E-state index contributed by atoms with van der Waals surface area (Å²) in [5, 5.41) is 0.525. The van der Waals surface area contributed by atoms with Crippen LogP contribution in [0.25, 0.3) is 0 Å². The molecule has 2 aromatic carbocycles. The Morgan fingerprint density at radius 1 is 1.11 bits per heavy atom. The molecule has 0 amide bonds. The van der Waals surface area contributed by atoms with Crippen LogP contribution in [0.5, 0.6) is 5.75 Å². The van der Waals surface area contributed by atoms with Gasteiger partial charge in [0.1, 0.15) is 12.0 Å². The summed E-state index contributed by atoms with van der Waals surface area (Å²) in [6, 6.07) is 15.4. The Balaban J connectivity index is 2.29. The lowest BCUT2D eigenvalue weighted by molar-refractivity contribution is -0.141. The maximum atomic E-state index is 12.7. The predicted molar refractivity (Wildman–Crippen MR) is 106 cm³/mol. The van der Waals surface area contributed by atoms with Gasteiger partial charge in [-0.05, 0) is 36.2 Å². The third-order valence-electron chi connectivity index (χ3n) is 4.33. The van der Waals surface area contributed by atoms with Crippen LogP contribution >= 0.6 is 11.6 Å². The van der Waals surface area contributed by atoms with Crippen LogP contribution in [0.3, 0.4) is 0 Å². The second-order valence-corrected chi connectivity index (χ2v) is 6.61. The maximum Gasteiger partial charge on any atom is 0.339 e. The van der Waals surface area contributed by atoms with Crippen molar-refractivity contribution in [3.05, 3.63) is 77.3 Å². The minimum absolute atomic E-state index is 0.0466. The van der Waals surface area contributed by atoms with E-state index in [9.17, 15) is 14.4 Å². The van der Waals surface area contributed by atoms with Crippen LogP contribution in [0.2, 0.25) is 5.02 Å². The van der Waals surface area contributed by atoms with Gasteiger partial charge in [-0.2, -0.15) is 0 Å². The first kappa shape index (κ1) is 21.4. The van der Waals surface area contributed by atoms with Crippen molar-refractivity contribution < 1.29 is 23.9 Å². The number of hydrogen-bond donors (Lipinski definition) is 0. The van der Waals surface area contributed by atoms with Gasteiger partial charge < -0.3 is 14.3 Å². The van der Waals surface area contributed by atoms with Crippen molar-refractivity contribution in [2.75, 3.05) is 7.11 Å². The summed E-state index contributed by atoms with van der Waals surface area (Å²) in [5.74, 6) is -2.01. The molecule has 0 N–H and O–H groups in total. The summed E-state index contributed by atoms with van der Waals surface area (Å²) in [7, 11) is 1.28. The van der Waals surface area contributed by atoms with Gasteiger partial charge in [-0.25, -0.2) is 4.79 Å². The van der Waals surface area contributed by atoms with Crippen molar-refractivity contribution in [1.82, 2.24) is 0 Å². The fourth-order valence-corrected chi connectivity index (χ4v) is 2.99. The average molecular weight is 401 g/mol. The van der Waals surface area contributed by atoms with Gasteiger partial charge in [0.25, 0.3) is 0 Å². The Labute approximate surface area is 168 Å². The highest BCUT2D eigenvalue weighted by Crippen LogP contribution is 2.34. The van der Waals surface area contributed by atoms with Crippen molar-refractivity contribution >= 4 is 29.8 Å². The molecule has 2 aromatic rings. The monoisotopic (exact) mass is 400 g/mol. The smallest absolute Gasteiger partial charge is 0.339 e. The summed E-state index contributed by atoms with van der Waals surface area (Å²) in [6.07, 6.45) is 0.981. The molecule has 0 heterocycles. The van der Waals surface area contributed by atoms with Gasteiger partial charge in [-0.3, -0.25) is 4.79 Å². The Kier molecular flexibility index (Phi) is 7.96. The van der Waals surface area contributed by atoms with Crippen LogP contribution < -0.4 is 4.74 Å². The summed E-state index contributed by atoms with van der Waals surface area (Å²) in [6.45, 7) is 3.88. The molecular weight excluding hydrogens is 380 g/mol. The molecule has 0 saturated carbocycles. The molecule has 0 fully saturated rings. The second kappa shape index (κ2) is 10.4. The van der Waals surface area contributed by atoms with E-state index < -0.39 is 23.8 Å². The molecule has 0 bridgehead atoms. The summed E-state index contributed by atoms with van der Waals surface area (Å²) in [4.78, 5) is 36.0. The van der Waals surface area contributed by atoms with E-state index in [0.29, 0.717) is 16.3 Å². The molecule has 5 nitrogen and oxygen atoms in total. The SMILES string of the molecule is C=C(C(=O)Oc1ccccc1)[C@H](c1ccc(Cl)cc1)[C@H](C=O)CCC(=O)OC. The summed E-state index contributed by atoms with van der Waals surface area (Å²) >= 11 is 5.96. The Morgan fingerprint density at radius 2 is 1.75 bits per heavy atom. The van der Waals surface area contributed by atoms with Crippen molar-refractivity contribution in [1.29, 1.82) is 0 Å². The van der Waals surface area contributed by atoms with Crippen molar-refractivity contribution in [3.63, 3.8) is 0 Å². The molecule has 0 spiro atoms. The quantitative estimate of drug-likeness (QED) is 0.271. The zero-order valence-electron chi connectivity index (χ0n) is 15.5. The fourth-order valence-electron chi connectivity index (χ4n) is 2.86. The Bertz CT molecular complexity index is 830. The number of carbonyl (C=O) groups is 3. The highest BCUT2D eigenvalue weighted by atomic mass is 35.5. The number of rotatable bonds is 9. The van der Waals surface area contributed by atoms with Crippen LogP contribution in [0.15, 0.2) is 66.7 Å². The van der Waals surface area contributed by atoms with Gasteiger partial charge in [0.2, 0.25) is 0 Å². The van der Waals surface area contributed by atoms with E-state index >= 15 is 0 Å². The van der Waals surface area contributed by atoms with E-state index in [1.54, 1.807) is 54.6 Å².